The van der Waals surface area contributed by atoms with Crippen LogP contribution in [0.1, 0.15) is 206 Å². The molecule has 6 heteroatoms. The van der Waals surface area contributed by atoms with Crippen LogP contribution in [-0.2, 0) is 19.2 Å². The minimum atomic E-state index is -0.0507. The topological polar surface area (TPSA) is 74.8 Å². The Morgan fingerprint density at radius 1 is 0.383 bits per heavy atom. The Balaban J connectivity index is 0.813. The van der Waals surface area contributed by atoms with Crippen LogP contribution >= 0.6 is 0 Å². The van der Waals surface area contributed by atoms with Gasteiger partial charge < -0.3 is 0 Å². The van der Waals surface area contributed by atoms with Gasteiger partial charge >= 0.3 is 0 Å². The second kappa shape index (κ2) is 22.9. The average molecular weight is 827 g/mol. The zero-order chi connectivity index (χ0) is 41.8. The maximum absolute atomic E-state index is 13.1. The van der Waals surface area contributed by atoms with E-state index < -0.39 is 0 Å². The summed E-state index contributed by atoms with van der Waals surface area (Å²) in [6.07, 6.45) is 48.0. The standard InChI is InChI=1S/C54H86N2O4/c1-3-5-7-9-16-22-28-46-40(26-20-8-6-4-2)35-39(25-19-14-10-12-17-23-33-55-51(57)47-42-29-30-43(37-42)48(47)52(55)58)36-41(46)27-21-15-11-13-18-24-34-56-53(59)49-44-31-32-45(38-44)50(49)54(56)60/h29-32,39-50H,3-28,33-38H2,1-2H3. The molecule has 0 N–H and O–H groups in total. The number of carbonyl (C=O) groups excluding carboxylic acids is 4. The summed E-state index contributed by atoms with van der Waals surface area (Å²) in [5, 5.41) is 0. The highest BCUT2D eigenvalue weighted by molar-refractivity contribution is 6.07. The molecule has 12 atom stereocenters. The third-order valence-corrected chi connectivity index (χ3v) is 17.4. The number of likely N-dealkylation sites (tertiary alicyclic amines) is 2. The summed E-state index contributed by atoms with van der Waals surface area (Å²) in [7, 11) is 0. The summed E-state index contributed by atoms with van der Waals surface area (Å²) in [6.45, 7) is 5.94. The van der Waals surface area contributed by atoms with Crippen molar-refractivity contribution in [2.24, 2.45) is 71.0 Å². The van der Waals surface area contributed by atoms with E-state index in [-0.39, 0.29) is 47.3 Å². The Morgan fingerprint density at radius 3 is 1.10 bits per heavy atom. The van der Waals surface area contributed by atoms with E-state index in [0.29, 0.717) is 36.8 Å². The van der Waals surface area contributed by atoms with Crippen molar-refractivity contribution in [1.29, 1.82) is 0 Å². The van der Waals surface area contributed by atoms with E-state index in [1.165, 1.54) is 154 Å². The van der Waals surface area contributed by atoms with Gasteiger partial charge in [0, 0.05) is 13.1 Å². The summed E-state index contributed by atoms with van der Waals surface area (Å²) in [5.41, 5.74) is 0. The number of imide groups is 2. The first-order valence-electron chi connectivity index (χ1n) is 26.5. The predicted molar refractivity (Wildman–Crippen MR) is 243 cm³/mol. The molecule has 0 aromatic rings. The largest absolute Gasteiger partial charge is 0.282 e. The number of allylic oxidation sites excluding steroid dienone is 4. The SMILES string of the molecule is CCCCCCCCC1C(CCCCCC)CC(CCCCCCCCN2C(=O)C3C4C=CC(C4)C3C2=O)CC1CCCCCCCCN1C(=O)C2C3C=CC(C3)C2C1=O. The van der Waals surface area contributed by atoms with Gasteiger partial charge in [-0.1, -0.05) is 186 Å². The lowest BCUT2D eigenvalue weighted by Crippen LogP contribution is -2.33. The molecule has 4 amide bonds. The van der Waals surface area contributed by atoms with Gasteiger partial charge in [0.25, 0.3) is 0 Å². The molecule has 2 heterocycles. The lowest BCUT2D eigenvalue weighted by molar-refractivity contribution is -0.142. The lowest BCUT2D eigenvalue weighted by Gasteiger charge is -2.43. The van der Waals surface area contributed by atoms with Crippen LogP contribution in [0.2, 0.25) is 0 Å². The van der Waals surface area contributed by atoms with Crippen LogP contribution in [0.5, 0.6) is 0 Å². The third kappa shape index (κ3) is 10.9. The van der Waals surface area contributed by atoms with E-state index in [9.17, 15) is 19.2 Å². The Morgan fingerprint density at radius 2 is 0.700 bits per heavy atom. The van der Waals surface area contributed by atoms with Crippen LogP contribution in [-0.4, -0.2) is 46.5 Å². The minimum absolute atomic E-state index is 0.0499. The second-order valence-corrected chi connectivity index (χ2v) is 21.4. The highest BCUT2D eigenvalue weighted by atomic mass is 16.2. The fourth-order valence-corrected chi connectivity index (χ4v) is 14.2. The third-order valence-electron chi connectivity index (χ3n) is 17.4. The molecule has 7 aliphatic rings. The van der Waals surface area contributed by atoms with Gasteiger partial charge in [-0.05, 0) is 92.3 Å². The summed E-state index contributed by atoms with van der Waals surface area (Å²) < 4.78 is 0. The molecule has 3 saturated carbocycles. The molecule has 5 aliphatic carbocycles. The monoisotopic (exact) mass is 827 g/mol. The van der Waals surface area contributed by atoms with Crippen LogP contribution in [0.4, 0.5) is 0 Å². The van der Waals surface area contributed by atoms with Gasteiger partial charge in [0.2, 0.25) is 23.6 Å². The predicted octanol–water partition coefficient (Wildman–Crippen LogP) is 13.0. The highest BCUT2D eigenvalue weighted by Crippen LogP contribution is 2.54. The molecule has 0 aromatic heterocycles. The Labute approximate surface area is 366 Å². The molecule has 0 radical (unpaired) electrons. The quantitative estimate of drug-likeness (QED) is 0.0411. The average Bonchev–Trinajstić information content (AvgIpc) is 4.12. The number of unbranched alkanes of at least 4 members (excludes halogenated alkanes) is 18. The van der Waals surface area contributed by atoms with Crippen LogP contribution < -0.4 is 0 Å². The number of hydrogen-bond acceptors (Lipinski definition) is 4. The van der Waals surface area contributed by atoms with Crippen molar-refractivity contribution in [3.05, 3.63) is 24.3 Å². The Hall–Kier alpha value is -2.24. The number of carbonyl (C=O) groups is 4. The van der Waals surface area contributed by atoms with E-state index in [4.69, 9.17) is 0 Å². The molecule has 336 valence electrons. The van der Waals surface area contributed by atoms with E-state index in [1.54, 1.807) is 9.80 Å². The molecule has 6 nitrogen and oxygen atoms in total. The van der Waals surface area contributed by atoms with Crippen molar-refractivity contribution in [2.45, 2.75) is 206 Å². The van der Waals surface area contributed by atoms with Crippen molar-refractivity contribution in [1.82, 2.24) is 9.80 Å². The first-order valence-corrected chi connectivity index (χ1v) is 26.5. The van der Waals surface area contributed by atoms with Crippen LogP contribution in [0.3, 0.4) is 0 Å². The van der Waals surface area contributed by atoms with Gasteiger partial charge in [-0.2, -0.15) is 0 Å². The van der Waals surface area contributed by atoms with E-state index in [0.717, 1.165) is 62.2 Å². The number of hydrogen-bond donors (Lipinski definition) is 0. The lowest BCUT2D eigenvalue weighted by atomic mass is 9.62. The summed E-state index contributed by atoms with van der Waals surface area (Å²) >= 11 is 0. The van der Waals surface area contributed by atoms with Crippen molar-refractivity contribution < 1.29 is 19.2 Å². The van der Waals surface area contributed by atoms with E-state index in [2.05, 4.69) is 38.2 Å². The smallest absolute Gasteiger partial charge is 0.233 e. The van der Waals surface area contributed by atoms with Crippen LogP contribution in [0, 0.1) is 71.0 Å². The first-order chi connectivity index (χ1) is 29.4. The molecular weight excluding hydrogens is 741 g/mol. The second-order valence-electron chi connectivity index (χ2n) is 21.4. The van der Waals surface area contributed by atoms with Crippen molar-refractivity contribution in [3.63, 3.8) is 0 Å². The fourth-order valence-electron chi connectivity index (χ4n) is 14.2. The zero-order valence-electron chi connectivity index (χ0n) is 38.4. The molecule has 12 unspecified atom stereocenters. The normalized spacial score (nSPS) is 33.7. The number of rotatable bonds is 30. The van der Waals surface area contributed by atoms with Crippen LogP contribution in [0.15, 0.2) is 24.3 Å². The van der Waals surface area contributed by atoms with Crippen LogP contribution in [0.25, 0.3) is 0 Å². The molecule has 4 bridgehead atoms. The Bertz CT molecular complexity index is 1410. The highest BCUT2D eigenvalue weighted by Gasteiger charge is 2.60. The molecular formula is C54H86N2O4. The summed E-state index contributed by atoms with van der Waals surface area (Å²) in [4.78, 5) is 55.6. The molecule has 60 heavy (non-hydrogen) atoms. The molecule has 5 fully saturated rings. The van der Waals surface area contributed by atoms with Crippen molar-refractivity contribution >= 4 is 23.6 Å². The number of amides is 4. The first kappa shape index (κ1) is 45.8. The van der Waals surface area contributed by atoms with Gasteiger partial charge in [0.05, 0.1) is 23.7 Å². The molecule has 0 spiro atoms. The number of fused-ring (bicyclic) bond motifs is 10. The van der Waals surface area contributed by atoms with Crippen molar-refractivity contribution in [2.75, 3.05) is 13.1 Å². The molecule has 2 saturated heterocycles. The van der Waals surface area contributed by atoms with Gasteiger partial charge in [0.1, 0.15) is 0 Å². The molecule has 7 rings (SSSR count). The van der Waals surface area contributed by atoms with Gasteiger partial charge in [-0.15, -0.1) is 0 Å². The van der Waals surface area contributed by atoms with Gasteiger partial charge in [-0.25, -0.2) is 0 Å². The molecule has 2 aliphatic heterocycles. The summed E-state index contributed by atoms with van der Waals surface area (Å²) in [6, 6.07) is 0. The van der Waals surface area contributed by atoms with Gasteiger partial charge in [0.15, 0.2) is 0 Å². The minimum Gasteiger partial charge on any atom is -0.282 e. The molecule has 0 aromatic carbocycles. The fraction of sp³-hybridized carbons (Fsp3) is 0.852. The number of nitrogens with zero attached hydrogens (tertiary/aromatic N) is 2. The Kier molecular flexibility index (Phi) is 17.5. The van der Waals surface area contributed by atoms with Gasteiger partial charge in [-0.3, -0.25) is 29.0 Å². The maximum atomic E-state index is 13.1. The maximum Gasteiger partial charge on any atom is 0.233 e. The van der Waals surface area contributed by atoms with E-state index >= 15 is 0 Å². The summed E-state index contributed by atoms with van der Waals surface area (Å²) in [5.74, 6) is 5.18. The van der Waals surface area contributed by atoms with Crippen molar-refractivity contribution in [3.8, 4) is 0 Å². The van der Waals surface area contributed by atoms with E-state index in [1.807, 2.05) is 0 Å². The zero-order valence-corrected chi connectivity index (χ0v) is 38.4.